The number of halogens is 1. The molecule has 2 rings (SSSR count). The minimum atomic E-state index is -3.47. The third-order valence-electron chi connectivity index (χ3n) is 3.77. The van der Waals surface area contributed by atoms with Gasteiger partial charge in [-0.25, -0.2) is 13.1 Å². The number of aryl methyl sites for hydroxylation is 1. The lowest BCUT2D eigenvalue weighted by Crippen LogP contribution is -2.48. The predicted molar refractivity (Wildman–Crippen MR) is 85.7 cm³/mol. The van der Waals surface area contributed by atoms with E-state index in [1.807, 2.05) is 6.92 Å². The van der Waals surface area contributed by atoms with E-state index in [0.717, 1.165) is 25.1 Å². The summed E-state index contributed by atoms with van der Waals surface area (Å²) in [4.78, 5) is 0.293. The maximum atomic E-state index is 12.4. The first-order valence-corrected chi connectivity index (χ1v) is 8.30. The monoisotopic (exact) mass is 334 g/mol. The molecule has 1 aromatic carbocycles. The molecule has 0 bridgehead atoms. The minimum Gasteiger partial charge on any atom is -0.496 e. The Bertz CT molecular complexity index is 578. The molecule has 0 aliphatic carbocycles. The van der Waals surface area contributed by atoms with Crippen LogP contribution in [0, 0.1) is 12.8 Å². The van der Waals surface area contributed by atoms with Gasteiger partial charge in [0.05, 0.1) is 12.0 Å². The molecule has 1 saturated heterocycles. The average Bonchev–Trinajstić information content (AvgIpc) is 2.41. The van der Waals surface area contributed by atoms with E-state index in [4.69, 9.17) is 4.74 Å². The van der Waals surface area contributed by atoms with Gasteiger partial charge < -0.3 is 10.1 Å². The molecule has 2 atom stereocenters. The van der Waals surface area contributed by atoms with E-state index >= 15 is 0 Å². The molecule has 0 amide bonds. The van der Waals surface area contributed by atoms with Crippen LogP contribution < -0.4 is 14.8 Å². The van der Waals surface area contributed by atoms with Crippen LogP contribution in [0.3, 0.4) is 0 Å². The molecule has 5 nitrogen and oxygen atoms in total. The van der Waals surface area contributed by atoms with Crippen molar-refractivity contribution in [3.8, 4) is 5.75 Å². The molecule has 1 aliphatic heterocycles. The summed E-state index contributed by atoms with van der Waals surface area (Å²) in [6.07, 6.45) is 0.815. The summed E-state index contributed by atoms with van der Waals surface area (Å²) >= 11 is 0. The number of rotatable bonds is 4. The van der Waals surface area contributed by atoms with Crippen molar-refractivity contribution in [3.05, 3.63) is 23.8 Å². The van der Waals surface area contributed by atoms with Gasteiger partial charge in [-0.3, -0.25) is 0 Å². The van der Waals surface area contributed by atoms with Crippen molar-refractivity contribution in [1.29, 1.82) is 0 Å². The van der Waals surface area contributed by atoms with Gasteiger partial charge in [0.1, 0.15) is 5.75 Å². The summed E-state index contributed by atoms with van der Waals surface area (Å²) < 4.78 is 32.8. The molecule has 0 saturated carbocycles. The van der Waals surface area contributed by atoms with E-state index in [1.165, 1.54) is 0 Å². The third kappa shape index (κ3) is 4.32. The van der Waals surface area contributed by atoms with Gasteiger partial charge in [0.2, 0.25) is 10.0 Å². The number of benzene rings is 1. The van der Waals surface area contributed by atoms with Crippen molar-refractivity contribution in [2.24, 2.45) is 5.92 Å². The van der Waals surface area contributed by atoms with E-state index in [9.17, 15) is 8.42 Å². The topological polar surface area (TPSA) is 67.4 Å². The van der Waals surface area contributed by atoms with Crippen molar-refractivity contribution < 1.29 is 13.2 Å². The summed E-state index contributed by atoms with van der Waals surface area (Å²) in [5.74, 6) is 0.983. The maximum absolute atomic E-state index is 12.4. The lowest BCUT2D eigenvalue weighted by Gasteiger charge is -2.30. The summed E-state index contributed by atoms with van der Waals surface area (Å²) in [6, 6.07) is 4.91. The number of piperidine rings is 1. The van der Waals surface area contributed by atoms with Gasteiger partial charge in [0.25, 0.3) is 0 Å². The Morgan fingerprint density at radius 3 is 2.67 bits per heavy atom. The fourth-order valence-corrected chi connectivity index (χ4v) is 3.94. The van der Waals surface area contributed by atoms with Crippen LogP contribution in [0.1, 0.15) is 18.9 Å². The highest BCUT2D eigenvalue weighted by Crippen LogP contribution is 2.22. The summed E-state index contributed by atoms with van der Waals surface area (Å²) in [6.45, 7) is 5.58. The summed E-state index contributed by atoms with van der Waals surface area (Å²) in [5, 5.41) is 3.26. The Hall–Kier alpha value is -0.820. The van der Waals surface area contributed by atoms with Crippen molar-refractivity contribution in [2.45, 2.75) is 31.2 Å². The number of methoxy groups -OCH3 is 1. The summed E-state index contributed by atoms with van der Waals surface area (Å²) in [5.41, 5.74) is 0.814. The smallest absolute Gasteiger partial charge is 0.240 e. The molecule has 0 spiro atoms. The second-order valence-corrected chi connectivity index (χ2v) is 7.04. The molecule has 7 heteroatoms. The predicted octanol–water partition coefficient (Wildman–Crippen LogP) is 1.70. The van der Waals surface area contributed by atoms with Gasteiger partial charge in [-0.2, -0.15) is 0 Å². The van der Waals surface area contributed by atoms with Crippen LogP contribution >= 0.6 is 12.4 Å². The molecule has 0 radical (unpaired) electrons. The van der Waals surface area contributed by atoms with E-state index in [-0.39, 0.29) is 24.4 Å². The van der Waals surface area contributed by atoms with Crippen LogP contribution in [0.15, 0.2) is 23.1 Å². The number of hydrogen-bond donors (Lipinski definition) is 2. The Labute approximate surface area is 132 Å². The standard InChI is InChI=1S/C14H22N2O3S.ClH/c1-10-8-12(4-5-14(10)19-3)20(17,18)16-13-6-7-15-9-11(13)2;/h4-5,8,11,13,15-16H,6-7,9H2,1-3H3;1H. The Morgan fingerprint density at radius 1 is 1.38 bits per heavy atom. The fraction of sp³-hybridized carbons (Fsp3) is 0.571. The largest absolute Gasteiger partial charge is 0.496 e. The van der Waals surface area contributed by atoms with Crippen LogP contribution in [0.25, 0.3) is 0 Å². The molecule has 1 aliphatic rings. The zero-order chi connectivity index (χ0) is 14.8. The lowest BCUT2D eigenvalue weighted by molar-refractivity contribution is 0.328. The molecule has 1 fully saturated rings. The molecule has 0 aromatic heterocycles. The average molecular weight is 335 g/mol. The van der Waals surface area contributed by atoms with Gasteiger partial charge in [0.15, 0.2) is 0 Å². The van der Waals surface area contributed by atoms with Gasteiger partial charge in [0, 0.05) is 6.04 Å². The van der Waals surface area contributed by atoms with Crippen LogP contribution in [-0.2, 0) is 10.0 Å². The first-order chi connectivity index (χ1) is 9.44. The normalized spacial score (nSPS) is 22.4. The van der Waals surface area contributed by atoms with Gasteiger partial charge >= 0.3 is 0 Å². The highest BCUT2D eigenvalue weighted by molar-refractivity contribution is 7.89. The molecule has 21 heavy (non-hydrogen) atoms. The molecule has 2 unspecified atom stereocenters. The Kier molecular flexibility index (Phi) is 6.46. The molecule has 1 aromatic rings. The van der Waals surface area contributed by atoms with Crippen LogP contribution in [0.2, 0.25) is 0 Å². The maximum Gasteiger partial charge on any atom is 0.240 e. The van der Waals surface area contributed by atoms with Crippen molar-refractivity contribution in [3.63, 3.8) is 0 Å². The zero-order valence-electron chi connectivity index (χ0n) is 12.5. The second-order valence-electron chi connectivity index (χ2n) is 5.33. The van der Waals surface area contributed by atoms with Crippen molar-refractivity contribution >= 4 is 22.4 Å². The molecule has 1 heterocycles. The molecule has 120 valence electrons. The highest BCUT2D eigenvalue weighted by atomic mass is 35.5. The summed E-state index contributed by atoms with van der Waals surface area (Å²) in [7, 11) is -1.90. The molecular formula is C14H23ClN2O3S. The van der Waals surface area contributed by atoms with Gasteiger partial charge in [-0.15, -0.1) is 12.4 Å². The number of sulfonamides is 1. The SMILES string of the molecule is COc1ccc(S(=O)(=O)NC2CCNCC2C)cc1C.Cl. The lowest BCUT2D eigenvalue weighted by atomic mass is 9.97. The van der Waals surface area contributed by atoms with E-state index in [1.54, 1.807) is 25.3 Å². The second kappa shape index (κ2) is 7.45. The fourth-order valence-electron chi connectivity index (χ4n) is 2.47. The molecular weight excluding hydrogens is 312 g/mol. The van der Waals surface area contributed by atoms with E-state index in [2.05, 4.69) is 17.0 Å². The zero-order valence-corrected chi connectivity index (χ0v) is 14.2. The number of hydrogen-bond acceptors (Lipinski definition) is 4. The van der Waals surface area contributed by atoms with Crippen molar-refractivity contribution in [2.75, 3.05) is 20.2 Å². The third-order valence-corrected chi connectivity index (χ3v) is 5.26. The number of ether oxygens (including phenoxy) is 1. The van der Waals surface area contributed by atoms with Crippen LogP contribution in [0.4, 0.5) is 0 Å². The first kappa shape index (κ1) is 18.2. The molecule has 2 N–H and O–H groups in total. The van der Waals surface area contributed by atoms with Gasteiger partial charge in [-0.1, -0.05) is 6.92 Å². The quantitative estimate of drug-likeness (QED) is 0.879. The Morgan fingerprint density at radius 2 is 2.10 bits per heavy atom. The van der Waals surface area contributed by atoms with Crippen LogP contribution in [0.5, 0.6) is 5.75 Å². The Balaban J connectivity index is 0.00000220. The first-order valence-electron chi connectivity index (χ1n) is 6.81. The van der Waals surface area contributed by atoms with E-state index < -0.39 is 10.0 Å². The highest BCUT2D eigenvalue weighted by Gasteiger charge is 2.26. The van der Waals surface area contributed by atoms with Gasteiger partial charge in [-0.05, 0) is 56.1 Å². The number of nitrogens with one attached hydrogen (secondary N) is 2. The van der Waals surface area contributed by atoms with E-state index in [0.29, 0.717) is 10.6 Å². The van der Waals surface area contributed by atoms with Crippen LogP contribution in [-0.4, -0.2) is 34.7 Å². The minimum absolute atomic E-state index is 0. The van der Waals surface area contributed by atoms with Crippen molar-refractivity contribution in [1.82, 2.24) is 10.0 Å².